The quantitative estimate of drug-likeness (QED) is 0.0397. The van der Waals surface area contributed by atoms with Crippen molar-refractivity contribution >= 4 is 112 Å². The summed E-state index contributed by atoms with van der Waals surface area (Å²) in [6.07, 6.45) is 18.3. The first-order valence-electron chi connectivity index (χ1n) is 46.6. The van der Waals surface area contributed by atoms with E-state index in [9.17, 15) is 122 Å². The van der Waals surface area contributed by atoms with Crippen molar-refractivity contribution in [3.63, 3.8) is 0 Å². The van der Waals surface area contributed by atoms with Gasteiger partial charge in [-0.2, -0.15) is 0 Å². The van der Waals surface area contributed by atoms with Crippen LogP contribution in [0.3, 0.4) is 0 Å². The van der Waals surface area contributed by atoms with Crippen LogP contribution in [0.1, 0.15) is 270 Å². The number of nitrogens with one attached hydrogen (secondary N) is 8. The average molecular weight is 1900 g/mol. The van der Waals surface area contributed by atoms with Gasteiger partial charge in [-0.25, -0.2) is 9.78 Å². The first-order valence-corrected chi connectivity index (χ1v) is 46.6. The smallest absolute Gasteiger partial charge is 0.326 e. The number of aliphatic hydroxyl groups is 1. The Morgan fingerprint density at radius 3 is 1.25 bits per heavy atom. The third kappa shape index (κ3) is 61.7. The fourth-order valence-electron chi connectivity index (χ4n) is 14.3. The van der Waals surface area contributed by atoms with Gasteiger partial charge < -0.3 is 107 Å². The van der Waals surface area contributed by atoms with E-state index >= 15 is 0 Å². The van der Waals surface area contributed by atoms with Gasteiger partial charge in [0.25, 0.3) is 0 Å². The molecule has 0 aliphatic heterocycles. The van der Waals surface area contributed by atoms with E-state index in [2.05, 4.69) is 47.2 Å². The predicted molar refractivity (Wildman–Crippen MR) is 480 cm³/mol. The Bertz CT molecular complexity index is 3670. The van der Waals surface area contributed by atoms with Gasteiger partial charge in [0.2, 0.25) is 35.4 Å². The highest BCUT2D eigenvalue weighted by atomic mass is 16.5. The van der Waals surface area contributed by atoms with Gasteiger partial charge in [0.05, 0.1) is 101 Å². The van der Waals surface area contributed by atoms with Gasteiger partial charge >= 0.3 is 35.8 Å². The van der Waals surface area contributed by atoms with Crippen molar-refractivity contribution < 1.29 is 155 Å². The Kier molecular flexibility index (Phi) is 67.9. The lowest BCUT2D eigenvalue weighted by Crippen LogP contribution is -2.55. The number of amides is 6. The van der Waals surface area contributed by atoms with Crippen LogP contribution >= 0.6 is 0 Å². The summed E-state index contributed by atoms with van der Waals surface area (Å²) in [7, 11) is 1.32. The zero-order valence-electron chi connectivity index (χ0n) is 78.1. The molecular weight excluding hydrogens is 1750 g/mol. The summed E-state index contributed by atoms with van der Waals surface area (Å²) in [5, 5.41) is 84.7. The number of hydrogen-bond acceptors (Lipinski definition) is 29. The number of carboxylic acids is 6. The number of aromatic amines is 1. The summed E-state index contributed by atoms with van der Waals surface area (Å²) in [5.74, 6) is -16.6. The number of carbonyl (C=O) groups excluding carboxylic acids is 13. The molecule has 1 saturated carbocycles. The van der Waals surface area contributed by atoms with Crippen LogP contribution in [0.25, 0.3) is 0 Å². The Morgan fingerprint density at radius 2 is 0.857 bits per heavy atom. The third-order valence-corrected chi connectivity index (χ3v) is 22.3. The predicted octanol–water partition coefficient (Wildman–Crippen LogP) is 4.59. The number of nitrogens with zero attached hydrogens (tertiary/aromatic N) is 1. The van der Waals surface area contributed by atoms with Crippen LogP contribution in [0.15, 0.2) is 12.5 Å². The number of aliphatic hydroxyl groups excluding tert-OH is 1. The molecule has 6 amide bonds. The van der Waals surface area contributed by atoms with Gasteiger partial charge in [-0.15, -0.1) is 0 Å². The molecule has 0 unspecified atom stereocenters. The fourth-order valence-corrected chi connectivity index (χ4v) is 14.3. The number of hydrogen-bond donors (Lipinski definition) is 16. The number of nitrogens with two attached hydrogens (primary N) is 1. The van der Waals surface area contributed by atoms with E-state index in [-0.39, 0.29) is 237 Å². The van der Waals surface area contributed by atoms with Crippen molar-refractivity contribution in [2.24, 2.45) is 34.8 Å². The second kappa shape index (κ2) is 74.5. The molecule has 1 fully saturated rings. The summed E-state index contributed by atoms with van der Waals surface area (Å²) in [5.41, 5.74) is 5.93. The minimum Gasteiger partial charge on any atom is -0.481 e. The lowest BCUT2D eigenvalue weighted by molar-refractivity contribution is -0.145. The molecule has 756 valence electrons. The maximum atomic E-state index is 13.6. The molecule has 1 heterocycles. The molecule has 42 nitrogen and oxygen atoms in total. The second-order valence-electron chi connectivity index (χ2n) is 33.7. The number of ketones is 7. The first-order chi connectivity index (χ1) is 63.4. The van der Waals surface area contributed by atoms with E-state index < -0.39 is 142 Å². The van der Waals surface area contributed by atoms with E-state index in [1.54, 1.807) is 6.20 Å². The zero-order chi connectivity index (χ0) is 99.2. The van der Waals surface area contributed by atoms with E-state index in [1.807, 2.05) is 6.92 Å². The van der Waals surface area contributed by atoms with Crippen LogP contribution in [-0.2, 0) is 126 Å². The summed E-state index contributed by atoms with van der Waals surface area (Å²) >= 11 is 0. The lowest BCUT2D eigenvalue weighted by Gasteiger charge is -2.40. The topological polar surface area (TPSA) is 660 Å². The normalized spacial score (nSPS) is 14.1. The van der Waals surface area contributed by atoms with Crippen molar-refractivity contribution in [3.05, 3.63) is 18.2 Å². The molecular formula is C91H150N10O32. The minimum absolute atomic E-state index is 0.00276. The molecule has 0 radical (unpaired) electrons. The standard InChI is InChI=1S/C46H79N3O16.C45H71N7O16/c1-2-27-63-28-25-47-40(52)22-19-36(45(59)60)33-38(51)34-65-31-30-64-29-26-48-41(53)24-21-39(46(61)62)49-42(54)23-20-35(44(57)58)32-37(50)17-15-13-11-9-7-5-3-4-6-8-10-12-14-16-18-43(55)56;1-28(53)41(29(2)54)52-42(61)36(50-24-38(58)45(12-6-13-45)22-37(57)35(46)21-32-23-47-27-51-32)7-4-5-14-48-39(59)10-8-31(44(64)65)20-34(56)26-68-18-17-67-16-15-49-40(60)11-9-30(43(62)63)19-33(55)25-66-3/h35-36,39H,2-34H2,1H3,(H,47,52)(H,48,53)(H,49,54)(H,55,56)(H,57,58)(H,59,60)(H,61,62);23,27-28,30-31,35-36,41,50,53H,4-22,24-26,46H2,1-3H3,(H,47,51)(H,48,59)(H,49,60)(H,52,61)(H,62,63)(H,64,65)/t35-,36-,39+;28-,30-,31-,35+,36+,41+/m11/s1. The highest BCUT2D eigenvalue weighted by molar-refractivity contribution is 5.96. The zero-order valence-corrected chi connectivity index (χ0v) is 78.1. The van der Waals surface area contributed by atoms with Crippen LogP contribution in [0.5, 0.6) is 0 Å². The highest BCUT2D eigenvalue weighted by Gasteiger charge is 2.46. The first kappa shape index (κ1) is 121. The van der Waals surface area contributed by atoms with Crippen LogP contribution in [0.2, 0.25) is 0 Å². The van der Waals surface area contributed by atoms with Gasteiger partial charge in [-0.1, -0.05) is 90.4 Å². The van der Waals surface area contributed by atoms with E-state index in [4.69, 9.17) is 39.3 Å². The molecule has 0 aromatic carbocycles. The number of aromatic nitrogens is 2. The molecule has 133 heavy (non-hydrogen) atoms. The molecule has 0 bridgehead atoms. The highest BCUT2D eigenvalue weighted by Crippen LogP contribution is 2.45. The number of imidazole rings is 1. The summed E-state index contributed by atoms with van der Waals surface area (Å²) in [6.45, 7) is 5.37. The van der Waals surface area contributed by atoms with Gasteiger partial charge in [0.1, 0.15) is 37.7 Å². The Hall–Kier alpha value is -9.82. The molecule has 1 aromatic rings. The van der Waals surface area contributed by atoms with Crippen molar-refractivity contribution in [2.45, 2.75) is 301 Å². The number of rotatable bonds is 87. The van der Waals surface area contributed by atoms with E-state index in [0.29, 0.717) is 57.6 Å². The van der Waals surface area contributed by atoms with Gasteiger partial charge in [-0.05, 0) is 97.3 Å². The molecule has 42 heteroatoms. The molecule has 1 aliphatic rings. The van der Waals surface area contributed by atoms with Crippen LogP contribution in [0, 0.1) is 29.1 Å². The monoisotopic (exact) mass is 1900 g/mol. The van der Waals surface area contributed by atoms with Crippen LogP contribution in [0.4, 0.5) is 0 Å². The number of ether oxygens (including phenoxy) is 6. The number of carboxylic acid groups (broad SMARTS) is 6. The molecule has 1 aliphatic carbocycles. The lowest BCUT2D eigenvalue weighted by atomic mass is 9.62. The summed E-state index contributed by atoms with van der Waals surface area (Å²) < 4.78 is 31.2. The van der Waals surface area contributed by atoms with Crippen molar-refractivity contribution in [3.8, 4) is 0 Å². The maximum absolute atomic E-state index is 13.6. The number of Topliss-reactive ketones (excluding diaryl/α,β-unsaturated/α-hetero) is 7. The number of aliphatic carboxylic acids is 6. The molecule has 1 aromatic heterocycles. The number of methoxy groups -OCH3 is 1. The largest absolute Gasteiger partial charge is 0.481 e. The van der Waals surface area contributed by atoms with Crippen LogP contribution < -0.4 is 43.0 Å². The SMILES string of the molecule is CCCOCCNC(=O)CC[C@H](CC(=O)COCCOCCNC(=O)CC[C@H](NC(=O)CC[C@H](CC(=O)CCCCCCCCCCCCCCCCC(=O)O)C(=O)O)C(=O)O)C(=O)O.COCC(=O)C[C@@H](CCC(=O)NCCOCCOCC(=O)C[C@@H](CCC(=O)NCCCC[C@H](NCC(=O)C1(CC(=O)[C@@H](N)Cc2cnc[nH]2)CCC1)C(=O)N[C@H](C(C)=O)[C@@H](C)O)C(=O)O)C(=O)O. The van der Waals surface area contributed by atoms with Gasteiger partial charge in [0, 0.05) is 141 Å². The van der Waals surface area contributed by atoms with Crippen LogP contribution in [-0.4, -0.2) is 300 Å². The van der Waals surface area contributed by atoms with E-state index in [0.717, 1.165) is 64.2 Å². The van der Waals surface area contributed by atoms with Gasteiger partial charge in [-0.3, -0.25) is 91.6 Å². The number of carbonyl (C=O) groups is 19. The third-order valence-electron chi connectivity index (χ3n) is 22.3. The molecule has 0 saturated heterocycles. The number of unbranched alkanes of at least 4 members (excludes halogenated alkanes) is 14. The van der Waals surface area contributed by atoms with E-state index in [1.165, 1.54) is 59.4 Å². The maximum Gasteiger partial charge on any atom is 0.326 e. The molecule has 2 rings (SSSR count). The second-order valence-corrected chi connectivity index (χ2v) is 33.7. The molecule has 17 N–H and O–H groups in total. The average Bonchev–Trinajstić information content (AvgIpc) is 0.798. The molecule has 0 spiro atoms. The van der Waals surface area contributed by atoms with Crippen molar-refractivity contribution in [1.29, 1.82) is 0 Å². The van der Waals surface area contributed by atoms with Crippen molar-refractivity contribution in [2.75, 3.05) is 113 Å². The summed E-state index contributed by atoms with van der Waals surface area (Å²) in [4.78, 5) is 238. The van der Waals surface area contributed by atoms with Gasteiger partial charge in [0.15, 0.2) is 34.7 Å². The minimum atomic E-state index is -1.39. The number of H-pyrrole nitrogens is 1. The van der Waals surface area contributed by atoms with Crippen molar-refractivity contribution in [1.82, 2.24) is 47.2 Å². The summed E-state index contributed by atoms with van der Waals surface area (Å²) in [6, 6.07) is -4.37. The fraction of sp³-hybridized carbons (Fsp3) is 0.758. The Morgan fingerprint density at radius 1 is 0.451 bits per heavy atom. The molecule has 9 atom stereocenters. The Labute approximate surface area is 777 Å². The Balaban J connectivity index is 0.00000133.